The lowest BCUT2D eigenvalue weighted by Gasteiger charge is -2.34. The average Bonchev–Trinajstić information content (AvgIpc) is 3.34. The molecule has 1 aromatic carbocycles. The van der Waals surface area contributed by atoms with Gasteiger partial charge in [0.15, 0.2) is 11.5 Å². The third-order valence-corrected chi connectivity index (χ3v) is 6.06. The first-order valence-electron chi connectivity index (χ1n) is 9.30. The SMILES string of the molecule is C[C@@H]1COCCN1c1nc(-c2cccc3[nH]ccc23)nc2c1cnn2S(C)(=O)=O. The molecule has 1 N–H and O–H groups in total. The quantitative estimate of drug-likeness (QED) is 0.549. The second kappa shape index (κ2) is 6.53. The van der Waals surface area contributed by atoms with Crippen molar-refractivity contribution in [3.8, 4) is 11.4 Å². The highest BCUT2D eigenvalue weighted by atomic mass is 32.2. The molecule has 150 valence electrons. The summed E-state index contributed by atoms with van der Waals surface area (Å²) < 4.78 is 31.1. The van der Waals surface area contributed by atoms with Gasteiger partial charge in [-0.25, -0.2) is 18.4 Å². The summed E-state index contributed by atoms with van der Waals surface area (Å²) in [5.41, 5.74) is 2.07. The summed E-state index contributed by atoms with van der Waals surface area (Å²) in [6.07, 6.45) is 4.50. The van der Waals surface area contributed by atoms with Crippen molar-refractivity contribution in [2.45, 2.75) is 13.0 Å². The lowest BCUT2D eigenvalue weighted by atomic mass is 10.1. The van der Waals surface area contributed by atoms with Gasteiger partial charge in [-0.05, 0) is 19.1 Å². The van der Waals surface area contributed by atoms with Gasteiger partial charge in [0.2, 0.25) is 0 Å². The van der Waals surface area contributed by atoms with E-state index in [1.54, 1.807) is 0 Å². The summed E-state index contributed by atoms with van der Waals surface area (Å²) in [4.78, 5) is 14.8. The largest absolute Gasteiger partial charge is 0.377 e. The Bertz CT molecular complexity index is 1330. The van der Waals surface area contributed by atoms with Gasteiger partial charge in [0.05, 0.1) is 37.1 Å². The number of benzene rings is 1. The number of nitrogens with one attached hydrogen (secondary N) is 1. The molecule has 5 rings (SSSR count). The Balaban J connectivity index is 1.82. The molecule has 3 aromatic heterocycles. The van der Waals surface area contributed by atoms with Gasteiger partial charge in [-0.1, -0.05) is 12.1 Å². The summed E-state index contributed by atoms with van der Waals surface area (Å²) in [7, 11) is -3.61. The van der Waals surface area contributed by atoms with Crippen LogP contribution < -0.4 is 4.90 Å². The maximum atomic E-state index is 12.3. The van der Waals surface area contributed by atoms with Crippen LogP contribution in [0.5, 0.6) is 0 Å². The standard InChI is InChI=1S/C19H20N6O3S/c1-12-11-28-9-8-24(12)18-15-10-21-25(29(2,26)27)19(15)23-17(22-18)14-4-3-5-16-13(14)6-7-20-16/h3-7,10,12,20H,8-9,11H2,1-2H3/t12-/m1/s1. The topological polar surface area (TPSA) is 106 Å². The molecular weight excluding hydrogens is 392 g/mol. The molecule has 9 nitrogen and oxygen atoms in total. The molecule has 1 atom stereocenters. The molecule has 0 radical (unpaired) electrons. The normalized spacial score (nSPS) is 18.0. The van der Waals surface area contributed by atoms with E-state index < -0.39 is 10.0 Å². The van der Waals surface area contributed by atoms with Gasteiger partial charge in [0.1, 0.15) is 5.82 Å². The number of aromatic nitrogens is 5. The summed E-state index contributed by atoms with van der Waals surface area (Å²) >= 11 is 0. The minimum Gasteiger partial charge on any atom is -0.377 e. The number of morpholine rings is 1. The van der Waals surface area contributed by atoms with Crippen molar-refractivity contribution in [3.05, 3.63) is 36.7 Å². The predicted octanol–water partition coefficient (Wildman–Crippen LogP) is 2.01. The predicted molar refractivity (Wildman–Crippen MR) is 110 cm³/mol. The van der Waals surface area contributed by atoms with Crippen molar-refractivity contribution in [1.29, 1.82) is 0 Å². The zero-order valence-electron chi connectivity index (χ0n) is 16.0. The van der Waals surface area contributed by atoms with Crippen LogP contribution >= 0.6 is 0 Å². The Kier molecular flexibility index (Phi) is 4.07. The highest BCUT2D eigenvalue weighted by Crippen LogP contribution is 2.32. The van der Waals surface area contributed by atoms with Crippen LogP contribution in [0.3, 0.4) is 0 Å². The van der Waals surface area contributed by atoms with E-state index in [4.69, 9.17) is 9.72 Å². The number of ether oxygens (including phenoxy) is 1. The molecule has 10 heteroatoms. The van der Waals surface area contributed by atoms with E-state index in [-0.39, 0.29) is 11.7 Å². The fourth-order valence-corrected chi connectivity index (χ4v) is 4.45. The molecular formula is C19H20N6O3S. The lowest BCUT2D eigenvalue weighted by Crippen LogP contribution is -2.44. The van der Waals surface area contributed by atoms with Crippen LogP contribution in [0.25, 0.3) is 33.3 Å². The molecule has 1 saturated heterocycles. The molecule has 1 aliphatic heterocycles. The maximum Gasteiger partial charge on any atom is 0.252 e. The highest BCUT2D eigenvalue weighted by molar-refractivity contribution is 7.89. The smallest absolute Gasteiger partial charge is 0.252 e. The fourth-order valence-electron chi connectivity index (χ4n) is 3.78. The van der Waals surface area contributed by atoms with E-state index >= 15 is 0 Å². The highest BCUT2D eigenvalue weighted by Gasteiger charge is 2.26. The third-order valence-electron chi connectivity index (χ3n) is 5.17. The molecule has 0 saturated carbocycles. The van der Waals surface area contributed by atoms with Gasteiger partial charge in [-0.2, -0.15) is 5.10 Å². The molecule has 0 amide bonds. The molecule has 4 heterocycles. The van der Waals surface area contributed by atoms with Gasteiger partial charge >= 0.3 is 0 Å². The number of hydrogen-bond donors (Lipinski definition) is 1. The van der Waals surface area contributed by atoms with E-state index in [9.17, 15) is 8.42 Å². The zero-order chi connectivity index (χ0) is 20.2. The number of aromatic amines is 1. The van der Waals surface area contributed by atoms with Crippen LogP contribution in [0.2, 0.25) is 0 Å². The van der Waals surface area contributed by atoms with Gasteiger partial charge < -0.3 is 14.6 Å². The molecule has 0 aliphatic carbocycles. The lowest BCUT2D eigenvalue weighted by molar-refractivity contribution is 0.0987. The van der Waals surface area contributed by atoms with Crippen LogP contribution in [0.15, 0.2) is 36.7 Å². The minimum absolute atomic E-state index is 0.0966. The van der Waals surface area contributed by atoms with Crippen molar-refractivity contribution in [2.24, 2.45) is 0 Å². The van der Waals surface area contributed by atoms with E-state index in [0.717, 1.165) is 26.8 Å². The number of rotatable bonds is 3. The minimum atomic E-state index is -3.61. The summed E-state index contributed by atoms with van der Waals surface area (Å²) in [5, 5.41) is 5.67. The first-order valence-corrected chi connectivity index (χ1v) is 11.2. The van der Waals surface area contributed by atoms with Gasteiger partial charge in [0, 0.05) is 29.2 Å². The number of H-pyrrole nitrogens is 1. The molecule has 29 heavy (non-hydrogen) atoms. The molecule has 1 fully saturated rings. The monoisotopic (exact) mass is 412 g/mol. The molecule has 4 aromatic rings. The number of fused-ring (bicyclic) bond motifs is 2. The van der Waals surface area contributed by atoms with Crippen LogP contribution in [-0.4, -0.2) is 64.6 Å². The first-order chi connectivity index (χ1) is 13.9. The average molecular weight is 412 g/mol. The Morgan fingerprint density at radius 2 is 2.07 bits per heavy atom. The zero-order valence-corrected chi connectivity index (χ0v) is 16.8. The molecule has 0 spiro atoms. The number of hydrogen-bond acceptors (Lipinski definition) is 7. The Morgan fingerprint density at radius 1 is 1.21 bits per heavy atom. The Labute approximate surface area is 167 Å². The number of nitrogens with zero attached hydrogens (tertiary/aromatic N) is 5. The van der Waals surface area contributed by atoms with E-state index in [0.29, 0.717) is 36.8 Å². The van der Waals surface area contributed by atoms with Crippen LogP contribution in [0.1, 0.15) is 6.92 Å². The van der Waals surface area contributed by atoms with Gasteiger partial charge in [0.25, 0.3) is 10.0 Å². The van der Waals surface area contributed by atoms with E-state index in [2.05, 4.69) is 26.9 Å². The fraction of sp³-hybridized carbons (Fsp3) is 0.316. The summed E-state index contributed by atoms with van der Waals surface area (Å²) in [5.74, 6) is 1.13. The molecule has 0 unspecified atom stereocenters. The van der Waals surface area contributed by atoms with Gasteiger partial charge in [-0.3, -0.25) is 0 Å². The summed E-state index contributed by atoms with van der Waals surface area (Å²) in [6.45, 7) is 3.87. The van der Waals surface area contributed by atoms with Crippen molar-refractivity contribution in [3.63, 3.8) is 0 Å². The second-order valence-corrected chi connectivity index (χ2v) is 9.03. The van der Waals surface area contributed by atoms with Crippen molar-refractivity contribution < 1.29 is 13.2 Å². The van der Waals surface area contributed by atoms with Crippen molar-refractivity contribution in [2.75, 3.05) is 30.9 Å². The molecule has 0 bridgehead atoms. The first kappa shape index (κ1) is 18.1. The maximum absolute atomic E-state index is 12.3. The van der Waals surface area contributed by atoms with Gasteiger partial charge in [-0.15, -0.1) is 4.09 Å². The van der Waals surface area contributed by atoms with Crippen LogP contribution in [-0.2, 0) is 14.8 Å². The van der Waals surface area contributed by atoms with Crippen LogP contribution in [0.4, 0.5) is 5.82 Å². The van der Waals surface area contributed by atoms with Crippen molar-refractivity contribution in [1.82, 2.24) is 24.1 Å². The van der Waals surface area contributed by atoms with E-state index in [1.165, 1.54) is 6.20 Å². The third kappa shape index (κ3) is 2.95. The second-order valence-electron chi connectivity index (χ2n) is 7.22. The Hall–Kier alpha value is -2.98. The Morgan fingerprint density at radius 3 is 2.86 bits per heavy atom. The van der Waals surface area contributed by atoms with Crippen LogP contribution in [0, 0.1) is 0 Å². The number of anilines is 1. The molecule has 1 aliphatic rings. The van der Waals surface area contributed by atoms with Crippen molar-refractivity contribution >= 4 is 37.8 Å². The van der Waals surface area contributed by atoms with E-state index in [1.807, 2.05) is 30.5 Å². The summed E-state index contributed by atoms with van der Waals surface area (Å²) in [6, 6.07) is 7.89.